The molecule has 0 aromatic heterocycles. The zero-order valence-corrected chi connectivity index (χ0v) is 16.4. The van der Waals surface area contributed by atoms with E-state index in [0.29, 0.717) is 12.5 Å². The van der Waals surface area contributed by atoms with E-state index >= 15 is 0 Å². The van der Waals surface area contributed by atoms with E-state index in [9.17, 15) is 9.59 Å². The Morgan fingerprint density at radius 2 is 1.89 bits per heavy atom. The lowest BCUT2D eigenvalue weighted by molar-refractivity contribution is -0.125. The van der Waals surface area contributed by atoms with Gasteiger partial charge in [0.15, 0.2) is 6.19 Å². The highest BCUT2D eigenvalue weighted by Gasteiger charge is 2.37. The molecule has 0 radical (unpaired) electrons. The maximum Gasteiger partial charge on any atom is 0.239 e. The number of carbonyl (C=O) groups is 2. The summed E-state index contributed by atoms with van der Waals surface area (Å²) in [5.74, 6) is 0.0616. The summed E-state index contributed by atoms with van der Waals surface area (Å²) in [6.07, 6.45) is 5.44. The lowest BCUT2D eigenvalue weighted by Gasteiger charge is -2.41. The average molecular weight is 384 g/mol. The van der Waals surface area contributed by atoms with E-state index in [4.69, 9.17) is 5.26 Å². The first-order chi connectivity index (χ1) is 13.5. The second-order valence-electron chi connectivity index (χ2n) is 7.06. The smallest absolute Gasteiger partial charge is 0.239 e. The van der Waals surface area contributed by atoms with Crippen LogP contribution in [0.5, 0.6) is 0 Å². The number of rotatable bonds is 6. The molecule has 1 fully saturated rings. The molecule has 0 bridgehead atoms. The fourth-order valence-electron chi connectivity index (χ4n) is 3.61. The zero-order valence-electron chi connectivity index (χ0n) is 16.4. The highest BCUT2D eigenvalue weighted by molar-refractivity contribution is 5.83. The molecule has 8 heteroatoms. The van der Waals surface area contributed by atoms with Gasteiger partial charge >= 0.3 is 0 Å². The molecule has 0 unspecified atom stereocenters. The molecule has 2 rings (SSSR count). The van der Waals surface area contributed by atoms with Crippen LogP contribution >= 0.6 is 0 Å². The summed E-state index contributed by atoms with van der Waals surface area (Å²) in [6, 6.07) is 10.4. The van der Waals surface area contributed by atoms with Crippen LogP contribution in [0.15, 0.2) is 35.3 Å². The summed E-state index contributed by atoms with van der Waals surface area (Å²) in [5, 5.41) is 20.1. The molecular formula is C20H28N6O2. The molecule has 1 saturated carbocycles. The van der Waals surface area contributed by atoms with E-state index in [1.54, 1.807) is 7.05 Å². The number of hydrogen-bond donors (Lipinski definition) is 4. The third-order valence-corrected chi connectivity index (χ3v) is 5.19. The standard InChI is InChI=1S/C20H28N6O2/c1-15(27)23-12-18(28)24-13-20(16-6-4-3-5-7-16)10-8-17(9-11-20)26-19(22-2)25-14-21/h3-7,17H,8-13H2,1-2H3,(H,23,27)(H,24,28)(H2,22,25,26). The molecule has 0 saturated heterocycles. The molecule has 2 amide bonds. The van der Waals surface area contributed by atoms with Crippen molar-refractivity contribution in [1.82, 2.24) is 21.3 Å². The summed E-state index contributed by atoms with van der Waals surface area (Å²) in [5.41, 5.74) is 1.05. The maximum absolute atomic E-state index is 12.1. The van der Waals surface area contributed by atoms with E-state index in [0.717, 1.165) is 25.7 Å². The minimum Gasteiger partial charge on any atom is -0.354 e. The van der Waals surface area contributed by atoms with E-state index in [2.05, 4.69) is 38.4 Å². The molecule has 0 spiro atoms. The van der Waals surface area contributed by atoms with Crippen LogP contribution in [0, 0.1) is 11.5 Å². The molecule has 0 heterocycles. The molecule has 0 aliphatic heterocycles. The van der Waals surface area contributed by atoms with Gasteiger partial charge in [0.1, 0.15) is 0 Å². The van der Waals surface area contributed by atoms with Gasteiger partial charge in [0.2, 0.25) is 17.8 Å². The van der Waals surface area contributed by atoms with Crippen LogP contribution in [0.4, 0.5) is 0 Å². The highest BCUT2D eigenvalue weighted by Crippen LogP contribution is 2.39. The molecular weight excluding hydrogens is 356 g/mol. The third-order valence-electron chi connectivity index (χ3n) is 5.19. The monoisotopic (exact) mass is 384 g/mol. The van der Waals surface area contributed by atoms with Gasteiger partial charge in [0.25, 0.3) is 0 Å². The second kappa shape index (κ2) is 10.3. The van der Waals surface area contributed by atoms with Crippen molar-refractivity contribution in [3.63, 3.8) is 0 Å². The van der Waals surface area contributed by atoms with Crippen LogP contribution in [-0.2, 0) is 15.0 Å². The Balaban J connectivity index is 2.03. The summed E-state index contributed by atoms with van der Waals surface area (Å²) in [4.78, 5) is 27.1. The Morgan fingerprint density at radius 3 is 2.46 bits per heavy atom. The van der Waals surface area contributed by atoms with Crippen molar-refractivity contribution in [3.05, 3.63) is 35.9 Å². The SMILES string of the molecule is CN=C(NC#N)NC1CCC(CNC(=O)CNC(C)=O)(c2ccccc2)CC1. The zero-order chi connectivity index (χ0) is 20.4. The minimum atomic E-state index is -0.223. The molecule has 150 valence electrons. The number of nitriles is 1. The molecule has 8 nitrogen and oxygen atoms in total. The maximum atomic E-state index is 12.1. The van der Waals surface area contributed by atoms with Crippen molar-refractivity contribution in [3.8, 4) is 6.19 Å². The molecule has 1 aliphatic rings. The second-order valence-corrected chi connectivity index (χ2v) is 7.06. The Kier molecular flexibility index (Phi) is 7.81. The van der Waals surface area contributed by atoms with Crippen molar-refractivity contribution < 1.29 is 9.59 Å². The van der Waals surface area contributed by atoms with Crippen LogP contribution in [0.2, 0.25) is 0 Å². The van der Waals surface area contributed by atoms with Crippen LogP contribution in [0.3, 0.4) is 0 Å². The number of guanidine groups is 1. The predicted octanol–water partition coefficient (Wildman–Crippen LogP) is 0.765. The molecule has 0 atom stereocenters. The van der Waals surface area contributed by atoms with Gasteiger partial charge in [-0.05, 0) is 31.2 Å². The first kappa shape index (κ1) is 21.2. The molecule has 1 aliphatic carbocycles. The first-order valence-electron chi connectivity index (χ1n) is 9.44. The average Bonchev–Trinajstić information content (AvgIpc) is 2.72. The van der Waals surface area contributed by atoms with Crippen LogP contribution in [-0.4, -0.2) is 44.0 Å². The van der Waals surface area contributed by atoms with Crippen molar-refractivity contribution in [1.29, 1.82) is 5.26 Å². The number of nitrogens with one attached hydrogen (secondary N) is 4. The van der Waals surface area contributed by atoms with Crippen molar-refractivity contribution >= 4 is 17.8 Å². The van der Waals surface area contributed by atoms with Crippen LogP contribution in [0.25, 0.3) is 0 Å². The molecule has 28 heavy (non-hydrogen) atoms. The summed E-state index contributed by atoms with van der Waals surface area (Å²) in [6.45, 7) is 1.90. The van der Waals surface area contributed by atoms with Gasteiger partial charge < -0.3 is 16.0 Å². The Hall–Kier alpha value is -3.08. The fourth-order valence-corrected chi connectivity index (χ4v) is 3.61. The van der Waals surface area contributed by atoms with Gasteiger partial charge in [-0.2, -0.15) is 5.26 Å². The van der Waals surface area contributed by atoms with Gasteiger partial charge in [-0.15, -0.1) is 0 Å². The number of aliphatic imine (C=N–C) groups is 1. The van der Waals surface area contributed by atoms with E-state index in [1.165, 1.54) is 12.5 Å². The number of nitrogens with zero attached hydrogens (tertiary/aromatic N) is 2. The largest absolute Gasteiger partial charge is 0.354 e. The summed E-state index contributed by atoms with van der Waals surface area (Å²) < 4.78 is 0. The topological polar surface area (TPSA) is 118 Å². The number of hydrogen-bond acceptors (Lipinski definition) is 4. The quantitative estimate of drug-likeness (QED) is 0.250. The lowest BCUT2D eigenvalue weighted by atomic mass is 9.68. The highest BCUT2D eigenvalue weighted by atomic mass is 16.2. The van der Waals surface area contributed by atoms with Crippen molar-refractivity contribution in [2.45, 2.75) is 44.1 Å². The fraction of sp³-hybridized carbons (Fsp3) is 0.500. The van der Waals surface area contributed by atoms with Crippen molar-refractivity contribution in [2.75, 3.05) is 20.1 Å². The Morgan fingerprint density at radius 1 is 1.21 bits per heavy atom. The Labute approximate surface area is 165 Å². The Bertz CT molecular complexity index is 733. The van der Waals surface area contributed by atoms with E-state index in [-0.39, 0.29) is 29.8 Å². The van der Waals surface area contributed by atoms with E-state index in [1.807, 2.05) is 24.4 Å². The number of carbonyl (C=O) groups excluding carboxylic acids is 2. The summed E-state index contributed by atoms with van der Waals surface area (Å²) >= 11 is 0. The summed E-state index contributed by atoms with van der Waals surface area (Å²) in [7, 11) is 1.63. The van der Waals surface area contributed by atoms with Gasteiger partial charge in [-0.25, -0.2) is 0 Å². The third kappa shape index (κ3) is 5.98. The number of benzene rings is 1. The molecule has 1 aromatic rings. The van der Waals surface area contributed by atoms with Gasteiger partial charge in [-0.3, -0.25) is 19.9 Å². The molecule has 4 N–H and O–H groups in total. The van der Waals surface area contributed by atoms with Gasteiger partial charge in [-0.1, -0.05) is 30.3 Å². The van der Waals surface area contributed by atoms with Gasteiger partial charge in [0, 0.05) is 32.0 Å². The molecule has 1 aromatic carbocycles. The van der Waals surface area contributed by atoms with Crippen LogP contribution < -0.4 is 21.3 Å². The van der Waals surface area contributed by atoms with Crippen LogP contribution in [0.1, 0.15) is 38.2 Å². The lowest BCUT2D eigenvalue weighted by Crippen LogP contribution is -2.50. The van der Waals surface area contributed by atoms with Crippen molar-refractivity contribution in [2.24, 2.45) is 4.99 Å². The normalized spacial score (nSPS) is 21.9. The first-order valence-corrected chi connectivity index (χ1v) is 9.44. The van der Waals surface area contributed by atoms with Gasteiger partial charge in [0.05, 0.1) is 6.54 Å². The number of amides is 2. The van der Waals surface area contributed by atoms with E-state index < -0.39 is 0 Å². The predicted molar refractivity (Wildman–Crippen MR) is 107 cm³/mol. The minimum absolute atomic E-state index is 0.0134.